The second kappa shape index (κ2) is 10.1. The van der Waals surface area contributed by atoms with E-state index in [-0.39, 0.29) is 11.5 Å². The molecule has 0 bridgehead atoms. The zero-order valence-corrected chi connectivity index (χ0v) is 19.1. The fourth-order valence-corrected chi connectivity index (χ4v) is 4.63. The lowest BCUT2D eigenvalue weighted by Crippen LogP contribution is -2.29. The first-order valence-corrected chi connectivity index (χ1v) is 11.3. The predicted octanol–water partition coefficient (Wildman–Crippen LogP) is 3.54. The summed E-state index contributed by atoms with van der Waals surface area (Å²) in [4.78, 5) is 32.8. The minimum Gasteiger partial charge on any atom is -0.385 e. The van der Waals surface area contributed by atoms with Gasteiger partial charge in [0.25, 0.3) is 11.5 Å². The summed E-state index contributed by atoms with van der Waals surface area (Å²) < 4.78 is 7.02. The maximum absolute atomic E-state index is 13.3. The molecule has 164 valence electrons. The maximum atomic E-state index is 13.3. The summed E-state index contributed by atoms with van der Waals surface area (Å²) in [6, 6.07) is 15.2. The molecule has 0 atom stereocenters. The predicted molar refractivity (Wildman–Crippen MR) is 132 cm³/mol. The van der Waals surface area contributed by atoms with Gasteiger partial charge >= 0.3 is 0 Å². The van der Waals surface area contributed by atoms with Crippen LogP contribution in [-0.4, -0.2) is 44.8 Å². The van der Waals surface area contributed by atoms with E-state index in [0.717, 1.165) is 5.56 Å². The van der Waals surface area contributed by atoms with Crippen molar-refractivity contribution in [3.8, 4) is 0 Å². The first-order chi connectivity index (χ1) is 15.6. The van der Waals surface area contributed by atoms with Crippen molar-refractivity contribution in [2.75, 3.05) is 25.6 Å². The van der Waals surface area contributed by atoms with Crippen molar-refractivity contribution >= 4 is 51.7 Å². The van der Waals surface area contributed by atoms with Gasteiger partial charge in [-0.05, 0) is 30.2 Å². The number of hydrogen-bond donors (Lipinski definition) is 1. The summed E-state index contributed by atoms with van der Waals surface area (Å²) in [6.07, 6.45) is 3.94. The van der Waals surface area contributed by atoms with Crippen LogP contribution in [0.5, 0.6) is 0 Å². The molecule has 1 N–H and O–H groups in total. The fourth-order valence-electron chi connectivity index (χ4n) is 3.34. The lowest BCUT2D eigenvalue weighted by Gasteiger charge is -2.13. The number of nitrogens with one attached hydrogen (secondary N) is 1. The Morgan fingerprint density at radius 3 is 2.72 bits per heavy atom. The lowest BCUT2D eigenvalue weighted by atomic mass is 10.2. The number of thiocarbonyl (C=S) groups is 1. The number of nitrogens with zero attached hydrogens (tertiary/aromatic N) is 3. The van der Waals surface area contributed by atoms with Crippen molar-refractivity contribution < 1.29 is 9.53 Å². The average Bonchev–Trinajstić information content (AvgIpc) is 3.08. The van der Waals surface area contributed by atoms with E-state index in [9.17, 15) is 9.59 Å². The maximum Gasteiger partial charge on any atom is 0.267 e. The Hall–Kier alpha value is -3.01. The van der Waals surface area contributed by atoms with Crippen LogP contribution in [0.25, 0.3) is 11.7 Å². The van der Waals surface area contributed by atoms with Gasteiger partial charge in [-0.1, -0.05) is 60.4 Å². The number of ether oxygens (including phenoxy) is 1. The molecule has 3 aromatic rings. The van der Waals surface area contributed by atoms with Gasteiger partial charge in [-0.25, -0.2) is 4.98 Å². The Morgan fingerprint density at radius 2 is 1.94 bits per heavy atom. The summed E-state index contributed by atoms with van der Waals surface area (Å²) in [5.41, 5.74) is 1.65. The van der Waals surface area contributed by atoms with Crippen molar-refractivity contribution in [1.29, 1.82) is 0 Å². The molecule has 1 aliphatic heterocycles. The first-order valence-electron chi connectivity index (χ1n) is 10.1. The minimum atomic E-state index is -0.254. The quantitative estimate of drug-likeness (QED) is 0.309. The molecule has 0 unspecified atom stereocenters. The number of methoxy groups -OCH3 is 1. The molecular formula is C23H22N4O3S2. The van der Waals surface area contributed by atoms with Gasteiger partial charge in [0.15, 0.2) is 0 Å². The van der Waals surface area contributed by atoms with Gasteiger partial charge in [-0.2, -0.15) is 0 Å². The second-order valence-corrected chi connectivity index (χ2v) is 8.80. The molecule has 1 aromatic carbocycles. The third-order valence-electron chi connectivity index (χ3n) is 4.95. The number of pyridine rings is 1. The van der Waals surface area contributed by atoms with E-state index in [1.165, 1.54) is 16.2 Å². The van der Waals surface area contributed by atoms with Crippen LogP contribution in [0, 0.1) is 0 Å². The van der Waals surface area contributed by atoms with Crippen molar-refractivity contribution in [2.24, 2.45) is 0 Å². The zero-order chi connectivity index (χ0) is 22.5. The molecule has 1 fully saturated rings. The number of fused-ring (bicyclic) bond motifs is 1. The standard InChI is InChI=1S/C23H22N4O3S2/c1-30-13-7-12-27-22(29)18(32-23(27)31)14-17-20(24-15-16-8-3-2-4-9-16)25-19-10-5-6-11-26(19)21(17)28/h2-6,8-11,14,24H,7,12-13,15H2,1H3/b18-14-. The highest BCUT2D eigenvalue weighted by Crippen LogP contribution is 2.33. The van der Waals surface area contributed by atoms with Crippen LogP contribution in [0.2, 0.25) is 0 Å². The minimum absolute atomic E-state index is 0.206. The van der Waals surface area contributed by atoms with E-state index in [2.05, 4.69) is 10.3 Å². The molecule has 2 aromatic heterocycles. The molecule has 4 rings (SSSR count). The van der Waals surface area contributed by atoms with E-state index >= 15 is 0 Å². The number of hydrogen-bond acceptors (Lipinski definition) is 7. The van der Waals surface area contributed by atoms with Crippen LogP contribution in [0.4, 0.5) is 5.82 Å². The molecule has 0 radical (unpaired) electrons. The van der Waals surface area contributed by atoms with Crippen molar-refractivity contribution in [1.82, 2.24) is 14.3 Å². The number of carbonyl (C=O) groups is 1. The molecule has 7 nitrogen and oxygen atoms in total. The van der Waals surface area contributed by atoms with Crippen LogP contribution in [0.15, 0.2) is 64.4 Å². The van der Waals surface area contributed by atoms with Crippen molar-refractivity contribution in [3.63, 3.8) is 0 Å². The largest absolute Gasteiger partial charge is 0.385 e. The molecule has 1 amide bonds. The summed E-state index contributed by atoms with van der Waals surface area (Å²) in [5, 5.41) is 3.26. The SMILES string of the molecule is COCCCN1C(=O)/C(=C/c2c(NCc3ccccc3)nc3ccccn3c2=O)SC1=S. The highest BCUT2D eigenvalue weighted by atomic mass is 32.2. The highest BCUT2D eigenvalue weighted by Gasteiger charge is 2.32. The summed E-state index contributed by atoms with van der Waals surface area (Å²) in [5.74, 6) is 0.220. The zero-order valence-electron chi connectivity index (χ0n) is 17.5. The number of anilines is 1. The van der Waals surface area contributed by atoms with Crippen LogP contribution in [-0.2, 0) is 16.1 Å². The number of thioether (sulfide) groups is 1. The van der Waals surface area contributed by atoms with Gasteiger partial charge in [0.2, 0.25) is 0 Å². The normalized spacial score (nSPS) is 15.2. The summed E-state index contributed by atoms with van der Waals surface area (Å²) >= 11 is 6.59. The second-order valence-electron chi connectivity index (χ2n) is 7.13. The van der Waals surface area contributed by atoms with Crippen molar-refractivity contribution in [3.05, 3.63) is 81.1 Å². The van der Waals surface area contributed by atoms with E-state index in [1.54, 1.807) is 36.4 Å². The molecule has 0 aliphatic carbocycles. The van der Waals surface area contributed by atoms with Crippen LogP contribution >= 0.6 is 24.0 Å². The number of rotatable bonds is 8. The van der Waals surface area contributed by atoms with E-state index in [0.29, 0.717) is 52.4 Å². The van der Waals surface area contributed by atoms with Crippen LogP contribution in [0.3, 0.4) is 0 Å². The summed E-state index contributed by atoms with van der Waals surface area (Å²) in [7, 11) is 1.62. The molecule has 0 spiro atoms. The van der Waals surface area contributed by atoms with Crippen LogP contribution in [0.1, 0.15) is 17.5 Å². The molecular weight excluding hydrogens is 444 g/mol. The number of benzene rings is 1. The molecule has 1 saturated heterocycles. The molecule has 3 heterocycles. The van der Waals surface area contributed by atoms with Gasteiger partial charge in [-0.3, -0.25) is 18.9 Å². The molecule has 1 aliphatic rings. The molecule has 9 heteroatoms. The third-order valence-corrected chi connectivity index (χ3v) is 6.33. The Labute approximate surface area is 195 Å². The smallest absolute Gasteiger partial charge is 0.267 e. The Kier molecular flexibility index (Phi) is 6.99. The fraction of sp³-hybridized carbons (Fsp3) is 0.217. The number of carbonyl (C=O) groups excluding carboxylic acids is 1. The van der Waals surface area contributed by atoms with Gasteiger partial charge in [0.05, 0.1) is 10.5 Å². The topological polar surface area (TPSA) is 75.9 Å². The monoisotopic (exact) mass is 466 g/mol. The lowest BCUT2D eigenvalue weighted by molar-refractivity contribution is -0.122. The molecule has 0 saturated carbocycles. The van der Waals surface area contributed by atoms with Crippen molar-refractivity contribution in [2.45, 2.75) is 13.0 Å². The average molecular weight is 467 g/mol. The first kappa shape index (κ1) is 22.2. The van der Waals surface area contributed by atoms with Crippen LogP contribution < -0.4 is 10.9 Å². The van der Waals surface area contributed by atoms with Gasteiger partial charge in [0, 0.05) is 33.0 Å². The van der Waals surface area contributed by atoms with E-state index in [1.807, 2.05) is 36.4 Å². The van der Waals surface area contributed by atoms with Gasteiger partial charge in [0.1, 0.15) is 15.8 Å². The Morgan fingerprint density at radius 1 is 1.16 bits per heavy atom. The number of aromatic nitrogens is 2. The van der Waals surface area contributed by atoms with E-state index in [4.69, 9.17) is 17.0 Å². The third kappa shape index (κ3) is 4.74. The van der Waals surface area contributed by atoms with E-state index < -0.39 is 0 Å². The highest BCUT2D eigenvalue weighted by molar-refractivity contribution is 8.26. The Bertz CT molecular complexity index is 1240. The number of amides is 1. The Balaban J connectivity index is 1.70. The molecule has 32 heavy (non-hydrogen) atoms. The van der Waals surface area contributed by atoms with Gasteiger partial charge < -0.3 is 10.1 Å². The summed E-state index contributed by atoms with van der Waals surface area (Å²) in [6.45, 7) is 1.51. The van der Waals surface area contributed by atoms with Gasteiger partial charge in [-0.15, -0.1) is 0 Å².